The number of carboxylic acids is 1. The number of rotatable bonds is 14. The average Bonchev–Trinajstić information content (AvgIpc) is 3.52. The maximum absolute atomic E-state index is 13.4. The average molecular weight is 661 g/mol. The van der Waals surface area contributed by atoms with Gasteiger partial charge in [-0.15, -0.1) is 0 Å². The van der Waals surface area contributed by atoms with Gasteiger partial charge in [-0.3, -0.25) is 4.79 Å². The van der Waals surface area contributed by atoms with Gasteiger partial charge in [0.1, 0.15) is 23.9 Å². The van der Waals surface area contributed by atoms with Gasteiger partial charge in [0.25, 0.3) is 0 Å². The first kappa shape index (κ1) is 33.3. The van der Waals surface area contributed by atoms with Crippen molar-refractivity contribution in [1.29, 1.82) is 0 Å². The van der Waals surface area contributed by atoms with Crippen LogP contribution < -0.4 is 29.0 Å². The lowest BCUT2D eigenvalue weighted by Crippen LogP contribution is -2.50. The zero-order valence-electron chi connectivity index (χ0n) is 26.0. The lowest BCUT2D eigenvalue weighted by atomic mass is 10.0. The molecular weight excluding hydrogens is 624 g/mol. The molecule has 0 bridgehead atoms. The van der Waals surface area contributed by atoms with E-state index >= 15 is 0 Å². The van der Waals surface area contributed by atoms with Gasteiger partial charge in [0, 0.05) is 6.07 Å². The van der Waals surface area contributed by atoms with E-state index < -0.39 is 21.5 Å². The maximum Gasteiger partial charge on any atom is 0.337 e. The highest BCUT2D eigenvalue weighted by atomic mass is 32.2. The number of ether oxygens (including phenoxy) is 4. The van der Waals surface area contributed by atoms with Crippen molar-refractivity contribution >= 4 is 27.6 Å². The van der Waals surface area contributed by atoms with Gasteiger partial charge in [0.05, 0.1) is 42.3 Å². The predicted octanol–water partition coefficient (Wildman–Crippen LogP) is 6.05. The number of nitrogens with one attached hydrogen (secondary N) is 2. The minimum absolute atomic E-state index is 0.0229. The Bertz CT molecular complexity index is 1820. The van der Waals surface area contributed by atoms with E-state index in [-0.39, 0.29) is 35.1 Å². The predicted molar refractivity (Wildman–Crippen MR) is 175 cm³/mol. The van der Waals surface area contributed by atoms with Crippen LogP contribution in [0, 0.1) is 0 Å². The highest BCUT2D eigenvalue weighted by Crippen LogP contribution is 2.35. The number of amides is 1. The van der Waals surface area contributed by atoms with E-state index in [4.69, 9.17) is 18.9 Å². The fourth-order valence-electron chi connectivity index (χ4n) is 5.45. The Labute approximate surface area is 273 Å². The van der Waals surface area contributed by atoms with Crippen molar-refractivity contribution < 1.29 is 42.1 Å². The van der Waals surface area contributed by atoms with E-state index in [1.807, 2.05) is 0 Å². The molecule has 3 N–H and O–H groups in total. The number of carbonyl (C=O) groups is 2. The fourth-order valence-corrected chi connectivity index (χ4v) is 6.91. The summed E-state index contributed by atoms with van der Waals surface area (Å²) < 4.78 is 52.2. The quantitative estimate of drug-likeness (QED) is 0.147. The molecule has 1 aliphatic carbocycles. The molecule has 0 atom stereocenters. The molecule has 5 rings (SSSR count). The lowest BCUT2D eigenvalue weighted by molar-refractivity contribution is -0.115. The molecule has 12 heteroatoms. The maximum atomic E-state index is 13.4. The summed E-state index contributed by atoms with van der Waals surface area (Å²) in [6.07, 6.45) is 3.12. The molecule has 246 valence electrons. The van der Waals surface area contributed by atoms with Gasteiger partial charge < -0.3 is 29.4 Å². The van der Waals surface area contributed by atoms with Crippen molar-refractivity contribution in [1.82, 2.24) is 4.72 Å². The third-order valence-corrected chi connectivity index (χ3v) is 9.45. The number of carboxylic acid groups (broad SMARTS) is 1. The summed E-state index contributed by atoms with van der Waals surface area (Å²) in [7, 11) is -0.917. The third-order valence-electron chi connectivity index (χ3n) is 7.87. The zero-order chi connectivity index (χ0) is 33.4. The second-order valence-electron chi connectivity index (χ2n) is 11.2. The molecular formula is C35H36N2O9S. The normalized spacial score (nSPS) is 13.8. The highest BCUT2D eigenvalue weighted by Gasteiger charge is 2.39. The Morgan fingerprint density at radius 3 is 2.06 bits per heavy atom. The monoisotopic (exact) mass is 660 g/mol. The second kappa shape index (κ2) is 14.6. The summed E-state index contributed by atoms with van der Waals surface area (Å²) in [6, 6.07) is 24.8. The topological polar surface area (TPSA) is 149 Å². The van der Waals surface area contributed by atoms with Crippen molar-refractivity contribution in [2.45, 2.75) is 42.5 Å². The summed E-state index contributed by atoms with van der Waals surface area (Å²) in [6.45, 7) is 0.163. The Morgan fingerprint density at radius 2 is 1.43 bits per heavy atom. The van der Waals surface area contributed by atoms with Crippen LogP contribution in [-0.4, -0.2) is 51.8 Å². The van der Waals surface area contributed by atoms with E-state index in [0.717, 1.165) is 18.4 Å². The zero-order valence-corrected chi connectivity index (χ0v) is 26.8. The van der Waals surface area contributed by atoms with Crippen LogP contribution in [0.3, 0.4) is 0 Å². The van der Waals surface area contributed by atoms with Crippen LogP contribution in [0.2, 0.25) is 0 Å². The minimum atomic E-state index is -3.86. The van der Waals surface area contributed by atoms with Crippen LogP contribution in [0.5, 0.6) is 28.7 Å². The standard InChI is InChI=1S/C35H36N2O9S/c1-43-31-18-17-28(22-32(31)44-2)47(41,42)37-35(19-5-6-20-35)23-45-25-13-15-27(16-14-25)46-26-11-9-24(10-12-26)21-33(38)36-30-8-4-3-7-29(30)34(39)40/h3-4,7-18,22,37H,5-6,19-21,23H2,1-2H3,(H,36,38)(H,39,40). The van der Waals surface area contributed by atoms with Crippen molar-refractivity contribution in [2.75, 3.05) is 26.1 Å². The first-order valence-corrected chi connectivity index (χ1v) is 16.5. The molecule has 0 heterocycles. The van der Waals surface area contributed by atoms with Gasteiger partial charge in [-0.1, -0.05) is 37.1 Å². The third kappa shape index (κ3) is 8.40. The number of hydrogen-bond donors (Lipinski definition) is 3. The van der Waals surface area contributed by atoms with Gasteiger partial charge in [-0.25, -0.2) is 17.9 Å². The largest absolute Gasteiger partial charge is 0.493 e. The highest BCUT2D eigenvalue weighted by molar-refractivity contribution is 7.89. The van der Waals surface area contributed by atoms with Crippen LogP contribution in [-0.2, 0) is 21.2 Å². The van der Waals surface area contributed by atoms with E-state index in [9.17, 15) is 23.1 Å². The Balaban J connectivity index is 1.16. The molecule has 0 aromatic heterocycles. The van der Waals surface area contributed by atoms with Crippen molar-refractivity contribution in [3.63, 3.8) is 0 Å². The van der Waals surface area contributed by atoms with E-state index in [0.29, 0.717) is 41.6 Å². The number of benzene rings is 4. The number of carbonyl (C=O) groups excluding carboxylic acids is 1. The molecule has 11 nitrogen and oxygen atoms in total. The van der Waals surface area contributed by atoms with Crippen molar-refractivity contribution in [3.05, 3.63) is 102 Å². The molecule has 1 saturated carbocycles. The molecule has 1 aliphatic rings. The van der Waals surface area contributed by atoms with E-state index in [2.05, 4.69) is 10.0 Å². The molecule has 0 radical (unpaired) electrons. The van der Waals surface area contributed by atoms with Crippen molar-refractivity contribution in [2.24, 2.45) is 0 Å². The number of para-hydroxylation sites is 1. The molecule has 0 unspecified atom stereocenters. The molecule has 47 heavy (non-hydrogen) atoms. The first-order chi connectivity index (χ1) is 22.6. The van der Waals surface area contributed by atoms with Crippen LogP contribution in [0.15, 0.2) is 95.9 Å². The minimum Gasteiger partial charge on any atom is -0.493 e. The van der Waals surface area contributed by atoms with Crippen LogP contribution in [0.4, 0.5) is 5.69 Å². The SMILES string of the molecule is COc1ccc(S(=O)(=O)NC2(COc3ccc(Oc4ccc(CC(=O)Nc5ccccc5C(=O)O)cc4)cc3)CCCC2)cc1OC. The van der Waals surface area contributed by atoms with Gasteiger partial charge in [-0.05, 0) is 79.1 Å². The fraction of sp³-hybridized carbons (Fsp3) is 0.257. The molecule has 1 fully saturated rings. The van der Waals surface area contributed by atoms with E-state index in [1.165, 1.54) is 32.4 Å². The molecule has 4 aromatic rings. The molecule has 0 aliphatic heterocycles. The van der Waals surface area contributed by atoms with Gasteiger partial charge in [-0.2, -0.15) is 0 Å². The second-order valence-corrected chi connectivity index (χ2v) is 12.9. The van der Waals surface area contributed by atoms with Crippen LogP contribution >= 0.6 is 0 Å². The Kier molecular flexibility index (Phi) is 10.3. The summed E-state index contributed by atoms with van der Waals surface area (Å²) in [5.74, 6) is 1.02. The summed E-state index contributed by atoms with van der Waals surface area (Å²) in [4.78, 5) is 24.0. The Hall–Kier alpha value is -5.07. The van der Waals surface area contributed by atoms with Crippen LogP contribution in [0.1, 0.15) is 41.6 Å². The number of anilines is 1. The van der Waals surface area contributed by atoms with Gasteiger partial charge in [0.15, 0.2) is 11.5 Å². The lowest BCUT2D eigenvalue weighted by Gasteiger charge is -2.30. The van der Waals surface area contributed by atoms with Crippen molar-refractivity contribution in [3.8, 4) is 28.7 Å². The number of hydrogen-bond acceptors (Lipinski definition) is 8. The summed E-state index contributed by atoms with van der Waals surface area (Å²) in [5, 5.41) is 12.0. The first-order valence-electron chi connectivity index (χ1n) is 15.0. The molecule has 4 aromatic carbocycles. The Morgan fingerprint density at radius 1 is 0.809 bits per heavy atom. The van der Waals surface area contributed by atoms with E-state index in [1.54, 1.807) is 72.8 Å². The van der Waals surface area contributed by atoms with Gasteiger partial charge in [0.2, 0.25) is 15.9 Å². The summed E-state index contributed by atoms with van der Waals surface area (Å²) in [5.41, 5.74) is 0.245. The molecule has 0 saturated heterocycles. The van der Waals surface area contributed by atoms with Gasteiger partial charge >= 0.3 is 5.97 Å². The molecule has 0 spiro atoms. The molecule has 1 amide bonds. The number of sulfonamides is 1. The van der Waals surface area contributed by atoms with Crippen LogP contribution in [0.25, 0.3) is 0 Å². The number of aromatic carboxylic acids is 1. The summed E-state index contributed by atoms with van der Waals surface area (Å²) >= 11 is 0. The smallest absolute Gasteiger partial charge is 0.337 e. The number of methoxy groups -OCH3 is 2.